The Kier molecular flexibility index (Phi) is 6.30. The quantitative estimate of drug-likeness (QED) is 0.367. The third kappa shape index (κ3) is 4.79. The van der Waals surface area contributed by atoms with Crippen molar-refractivity contribution >= 4 is 28.9 Å². The summed E-state index contributed by atoms with van der Waals surface area (Å²) in [6.07, 6.45) is -2.28. The van der Waals surface area contributed by atoms with Crippen molar-refractivity contribution in [3.63, 3.8) is 0 Å². The number of pyridine rings is 1. The molecule has 0 bridgehead atoms. The molecule has 0 aliphatic carbocycles. The van der Waals surface area contributed by atoms with Crippen molar-refractivity contribution in [1.82, 2.24) is 29.6 Å². The first-order valence-corrected chi connectivity index (χ1v) is 11.5. The van der Waals surface area contributed by atoms with Crippen LogP contribution in [0.3, 0.4) is 0 Å². The summed E-state index contributed by atoms with van der Waals surface area (Å²) in [5, 5.41) is 16.2. The van der Waals surface area contributed by atoms with E-state index in [0.29, 0.717) is 42.8 Å². The van der Waals surface area contributed by atoms with Gasteiger partial charge in [0.25, 0.3) is 11.5 Å². The van der Waals surface area contributed by atoms with Gasteiger partial charge in [-0.1, -0.05) is 0 Å². The van der Waals surface area contributed by atoms with Crippen LogP contribution in [0.2, 0.25) is 0 Å². The van der Waals surface area contributed by atoms with Gasteiger partial charge in [0, 0.05) is 30.8 Å². The molecular formula is C24H20F3N7O4. The molecule has 38 heavy (non-hydrogen) atoms. The number of carboxylic acid groups (broad SMARTS) is 1. The molecule has 14 heteroatoms. The number of nitrogens with one attached hydrogen (secondary N) is 2. The zero-order valence-corrected chi connectivity index (χ0v) is 19.6. The van der Waals surface area contributed by atoms with E-state index in [9.17, 15) is 32.7 Å². The number of hydrogen-bond acceptors (Lipinski definition) is 6. The van der Waals surface area contributed by atoms with Crippen molar-refractivity contribution in [2.75, 3.05) is 18.4 Å². The number of hydrogen-bond donors (Lipinski definition) is 3. The topological polar surface area (TPSA) is 146 Å². The Bertz CT molecular complexity index is 1570. The van der Waals surface area contributed by atoms with Crippen molar-refractivity contribution in [3.8, 4) is 5.69 Å². The van der Waals surface area contributed by atoms with E-state index in [-0.39, 0.29) is 22.8 Å². The average Bonchev–Trinajstić information content (AvgIpc) is 3.29. The third-order valence-corrected chi connectivity index (χ3v) is 6.35. The number of benzene rings is 1. The van der Waals surface area contributed by atoms with Crippen molar-refractivity contribution in [1.29, 1.82) is 0 Å². The molecule has 0 saturated carbocycles. The number of carbonyl (C=O) groups is 2. The summed E-state index contributed by atoms with van der Waals surface area (Å²) in [5.74, 6) is -1.02. The second-order valence-corrected chi connectivity index (χ2v) is 8.70. The standard InChI is InChI=1S/C24H20F3N7O4/c25-24(26,27)15-5-8-28-17(11-15)31-21(35)14-1-3-16(4-2-14)34-20-19(29-12-30-22(20)36)18(32-34)13-6-9-33(10-7-13)23(37)38/h1-5,8,11-13H,6-7,9-10H2,(H,37,38)(H,28,31,35)(H,29,30,36). The molecule has 3 N–H and O–H groups in total. The second-order valence-electron chi connectivity index (χ2n) is 8.70. The van der Waals surface area contributed by atoms with Crippen LogP contribution in [0, 0.1) is 0 Å². The highest BCUT2D eigenvalue weighted by atomic mass is 19.4. The zero-order chi connectivity index (χ0) is 27.0. The molecule has 1 aliphatic heterocycles. The molecule has 4 heterocycles. The van der Waals surface area contributed by atoms with E-state index < -0.39 is 29.3 Å². The van der Waals surface area contributed by atoms with Gasteiger partial charge in [-0.05, 0) is 49.2 Å². The molecule has 0 radical (unpaired) electrons. The van der Waals surface area contributed by atoms with E-state index in [1.165, 1.54) is 28.0 Å². The van der Waals surface area contributed by atoms with E-state index in [1.54, 1.807) is 12.1 Å². The summed E-state index contributed by atoms with van der Waals surface area (Å²) in [7, 11) is 0. The summed E-state index contributed by atoms with van der Waals surface area (Å²) < 4.78 is 40.2. The smallest absolute Gasteiger partial charge is 0.416 e. The van der Waals surface area contributed by atoms with E-state index >= 15 is 0 Å². The predicted octanol–water partition coefficient (Wildman–Crippen LogP) is 3.63. The van der Waals surface area contributed by atoms with Crippen molar-refractivity contribution in [3.05, 3.63) is 76.1 Å². The molecule has 5 rings (SSSR count). The summed E-state index contributed by atoms with van der Waals surface area (Å²) in [6, 6.07) is 7.53. The normalized spacial score (nSPS) is 14.6. The molecule has 4 aromatic rings. The van der Waals surface area contributed by atoms with E-state index in [4.69, 9.17) is 0 Å². The SMILES string of the molecule is O=C(Nc1cc(C(F)(F)F)ccn1)c1ccc(-n2nc(C3CCN(C(=O)O)CC3)c3nc[nH]c(=O)c32)cc1. The van der Waals surface area contributed by atoms with Gasteiger partial charge in [-0.25, -0.2) is 19.4 Å². The van der Waals surface area contributed by atoms with Crippen LogP contribution < -0.4 is 10.9 Å². The number of alkyl halides is 3. The first kappa shape index (κ1) is 24.9. The maximum atomic E-state index is 12.9. The number of fused-ring (bicyclic) bond motifs is 1. The van der Waals surface area contributed by atoms with Crippen LogP contribution in [0.5, 0.6) is 0 Å². The highest BCUT2D eigenvalue weighted by Gasteiger charge is 2.31. The van der Waals surface area contributed by atoms with Crippen molar-refractivity contribution in [2.45, 2.75) is 24.9 Å². The molecule has 2 amide bonds. The van der Waals surface area contributed by atoms with Crippen LogP contribution in [-0.4, -0.2) is 59.8 Å². The second kappa shape index (κ2) is 9.61. The monoisotopic (exact) mass is 527 g/mol. The molecule has 196 valence electrons. The van der Waals surface area contributed by atoms with Gasteiger partial charge in [0.2, 0.25) is 0 Å². The number of nitrogens with zero attached hydrogens (tertiary/aromatic N) is 5. The number of H-pyrrole nitrogens is 1. The van der Waals surface area contributed by atoms with E-state index in [1.807, 2.05) is 0 Å². The van der Waals surface area contributed by atoms with Gasteiger partial charge in [-0.2, -0.15) is 18.3 Å². The molecule has 3 aromatic heterocycles. The van der Waals surface area contributed by atoms with Crippen LogP contribution in [-0.2, 0) is 6.18 Å². The van der Waals surface area contributed by atoms with Crippen LogP contribution >= 0.6 is 0 Å². The molecule has 11 nitrogen and oxygen atoms in total. The molecule has 1 saturated heterocycles. The van der Waals surface area contributed by atoms with Crippen LogP contribution in [0.4, 0.5) is 23.8 Å². The third-order valence-electron chi connectivity index (χ3n) is 6.35. The Morgan fingerprint density at radius 1 is 1.08 bits per heavy atom. The number of anilines is 1. The lowest BCUT2D eigenvalue weighted by Crippen LogP contribution is -2.36. The fourth-order valence-electron chi connectivity index (χ4n) is 4.41. The lowest BCUT2D eigenvalue weighted by atomic mass is 9.93. The largest absolute Gasteiger partial charge is 0.465 e. The summed E-state index contributed by atoms with van der Waals surface area (Å²) in [4.78, 5) is 48.5. The molecule has 1 aliphatic rings. The molecule has 1 fully saturated rings. The molecule has 1 aromatic carbocycles. The number of likely N-dealkylation sites (tertiary alicyclic amines) is 1. The minimum absolute atomic E-state index is 0.103. The molecule has 0 atom stereocenters. The summed E-state index contributed by atoms with van der Waals surface area (Å²) >= 11 is 0. The lowest BCUT2D eigenvalue weighted by Gasteiger charge is -2.29. The van der Waals surface area contributed by atoms with Gasteiger partial charge in [-0.15, -0.1) is 0 Å². The summed E-state index contributed by atoms with van der Waals surface area (Å²) in [5.41, 5.74) is 0.428. The number of piperidine rings is 1. The number of aromatic amines is 1. The van der Waals surface area contributed by atoms with Gasteiger partial charge >= 0.3 is 12.3 Å². The van der Waals surface area contributed by atoms with Crippen molar-refractivity contribution in [2.24, 2.45) is 0 Å². The number of halogens is 3. The predicted molar refractivity (Wildman–Crippen MR) is 128 cm³/mol. The minimum Gasteiger partial charge on any atom is -0.465 e. The minimum atomic E-state index is -4.57. The first-order chi connectivity index (χ1) is 18.1. The highest BCUT2D eigenvalue weighted by molar-refractivity contribution is 6.03. The number of carbonyl (C=O) groups excluding carboxylic acids is 1. The van der Waals surface area contributed by atoms with E-state index in [2.05, 4.69) is 25.4 Å². The Labute approximate surface area is 211 Å². The van der Waals surface area contributed by atoms with Gasteiger partial charge in [-0.3, -0.25) is 9.59 Å². The average molecular weight is 527 g/mol. The van der Waals surface area contributed by atoms with Gasteiger partial charge in [0.15, 0.2) is 5.52 Å². The fourth-order valence-corrected chi connectivity index (χ4v) is 4.41. The van der Waals surface area contributed by atoms with Gasteiger partial charge < -0.3 is 20.3 Å². The Hall–Kier alpha value is -4.75. The molecular weight excluding hydrogens is 507 g/mol. The summed E-state index contributed by atoms with van der Waals surface area (Å²) in [6.45, 7) is 0.671. The number of aromatic nitrogens is 5. The van der Waals surface area contributed by atoms with Gasteiger partial charge in [0.05, 0.1) is 23.3 Å². The van der Waals surface area contributed by atoms with Crippen molar-refractivity contribution < 1.29 is 27.9 Å². The molecule has 0 spiro atoms. The van der Waals surface area contributed by atoms with E-state index in [0.717, 1.165) is 18.3 Å². The Balaban J connectivity index is 1.41. The number of amides is 2. The lowest BCUT2D eigenvalue weighted by molar-refractivity contribution is -0.137. The Morgan fingerprint density at radius 2 is 1.79 bits per heavy atom. The Morgan fingerprint density at radius 3 is 2.45 bits per heavy atom. The van der Waals surface area contributed by atoms with Crippen LogP contribution in [0.15, 0.2) is 53.7 Å². The van der Waals surface area contributed by atoms with Gasteiger partial charge in [0.1, 0.15) is 11.3 Å². The maximum Gasteiger partial charge on any atom is 0.416 e. The molecule has 0 unspecified atom stereocenters. The number of rotatable bonds is 4. The fraction of sp³-hybridized carbons (Fsp3) is 0.250. The highest BCUT2D eigenvalue weighted by Crippen LogP contribution is 2.32. The first-order valence-electron chi connectivity index (χ1n) is 11.5. The van der Waals surface area contributed by atoms with Crippen LogP contribution in [0.1, 0.15) is 40.4 Å². The zero-order valence-electron chi connectivity index (χ0n) is 19.6. The maximum absolute atomic E-state index is 12.9. The van der Waals surface area contributed by atoms with Crippen LogP contribution in [0.25, 0.3) is 16.7 Å².